The Hall–Kier alpha value is -6.84. The number of rotatable bonds is 5. The lowest BCUT2D eigenvalue weighted by atomic mass is 9.93. The molecule has 10 rings (SSSR count). The molecule has 0 unspecified atom stereocenters. The Labute approximate surface area is 295 Å². The first-order chi connectivity index (χ1) is 25.2. The molecule has 3 nitrogen and oxygen atoms in total. The Morgan fingerprint density at radius 3 is 1.73 bits per heavy atom. The number of nitrogens with zero attached hydrogens (tertiary/aromatic N) is 2. The minimum Gasteiger partial charge on any atom is -0.455 e. The molecule has 8 aromatic carbocycles. The van der Waals surface area contributed by atoms with E-state index in [0.717, 1.165) is 55.4 Å². The maximum Gasteiger partial charge on any atom is 0.160 e. The maximum absolute atomic E-state index is 6.61. The number of fused-ring (bicyclic) bond motifs is 6. The van der Waals surface area contributed by atoms with Crippen LogP contribution in [-0.2, 0) is 0 Å². The van der Waals surface area contributed by atoms with E-state index in [1.165, 1.54) is 38.4 Å². The van der Waals surface area contributed by atoms with Gasteiger partial charge < -0.3 is 4.42 Å². The third-order valence-corrected chi connectivity index (χ3v) is 9.88. The third-order valence-electron chi connectivity index (χ3n) is 9.88. The van der Waals surface area contributed by atoms with Gasteiger partial charge in [-0.15, -0.1) is 0 Å². The second-order valence-electron chi connectivity index (χ2n) is 13.0. The quantitative estimate of drug-likeness (QED) is 0.186. The molecule has 0 aliphatic rings. The van der Waals surface area contributed by atoms with Crippen molar-refractivity contribution in [3.8, 4) is 56.2 Å². The summed E-state index contributed by atoms with van der Waals surface area (Å²) in [5.74, 6) is 0.699. The summed E-state index contributed by atoms with van der Waals surface area (Å²) in [5.41, 5.74) is 11.3. The van der Waals surface area contributed by atoms with Gasteiger partial charge in [-0.3, -0.25) is 0 Å². The van der Waals surface area contributed by atoms with Crippen molar-refractivity contribution in [2.45, 2.75) is 0 Å². The molecule has 0 atom stereocenters. The lowest BCUT2D eigenvalue weighted by molar-refractivity contribution is 0.673. The molecule has 0 saturated heterocycles. The fourth-order valence-electron chi connectivity index (χ4n) is 7.28. The van der Waals surface area contributed by atoms with E-state index in [2.05, 4.69) is 146 Å². The van der Waals surface area contributed by atoms with Crippen LogP contribution in [0.4, 0.5) is 0 Å². The van der Waals surface area contributed by atoms with Gasteiger partial charge in [0.25, 0.3) is 0 Å². The normalized spacial score (nSPS) is 11.5. The van der Waals surface area contributed by atoms with E-state index < -0.39 is 0 Å². The average molecular weight is 651 g/mol. The lowest BCUT2D eigenvalue weighted by Crippen LogP contribution is -1.95. The van der Waals surface area contributed by atoms with Crippen molar-refractivity contribution >= 4 is 43.5 Å². The van der Waals surface area contributed by atoms with Gasteiger partial charge in [-0.05, 0) is 74.8 Å². The zero-order chi connectivity index (χ0) is 33.7. The van der Waals surface area contributed by atoms with Crippen LogP contribution in [-0.4, -0.2) is 9.97 Å². The van der Waals surface area contributed by atoms with Crippen molar-refractivity contribution in [1.29, 1.82) is 0 Å². The smallest absolute Gasteiger partial charge is 0.160 e. The molecule has 0 spiro atoms. The molecule has 0 bridgehead atoms. The topological polar surface area (TPSA) is 38.9 Å². The lowest BCUT2D eigenvalue weighted by Gasteiger charge is -2.10. The first-order valence-electron chi connectivity index (χ1n) is 17.2. The Morgan fingerprint density at radius 1 is 0.333 bits per heavy atom. The standard InChI is InChI=1S/C48H30N2O/c1-3-12-34(13-4-1)44-30-45(50-48(49-44)35-14-5-2-6-15-35)38-25-26-46-42(28-38)43-29-41(39-17-9-10-18-40(39)47(43)51-46)33-22-19-32(20-23-33)37-24-21-31-11-7-8-16-36(31)27-37/h1-30H. The Balaban J connectivity index is 1.12. The van der Waals surface area contributed by atoms with Crippen molar-refractivity contribution in [2.75, 3.05) is 0 Å². The summed E-state index contributed by atoms with van der Waals surface area (Å²) in [4.78, 5) is 10.1. The first kappa shape index (κ1) is 29.1. The number of furan rings is 1. The van der Waals surface area contributed by atoms with Crippen LogP contribution in [0, 0.1) is 0 Å². The molecule has 0 radical (unpaired) electrons. The summed E-state index contributed by atoms with van der Waals surface area (Å²) in [6.07, 6.45) is 0. The second-order valence-corrected chi connectivity index (χ2v) is 13.0. The predicted molar refractivity (Wildman–Crippen MR) is 212 cm³/mol. The van der Waals surface area contributed by atoms with Crippen molar-refractivity contribution < 1.29 is 4.42 Å². The average Bonchev–Trinajstić information content (AvgIpc) is 3.59. The number of hydrogen-bond donors (Lipinski definition) is 0. The largest absolute Gasteiger partial charge is 0.455 e. The van der Waals surface area contributed by atoms with Gasteiger partial charge in [0.1, 0.15) is 11.2 Å². The molecular weight excluding hydrogens is 621 g/mol. The fourth-order valence-corrected chi connectivity index (χ4v) is 7.28. The SMILES string of the molecule is c1ccc(-c2cc(-c3ccc4oc5c6ccccc6c(-c6ccc(-c7ccc8ccccc8c7)cc6)cc5c4c3)nc(-c3ccccc3)n2)cc1. The Kier molecular flexibility index (Phi) is 6.81. The maximum atomic E-state index is 6.61. The molecule has 0 N–H and O–H groups in total. The van der Waals surface area contributed by atoms with Gasteiger partial charge in [-0.25, -0.2) is 9.97 Å². The molecule has 0 aliphatic heterocycles. The molecule has 2 heterocycles. The van der Waals surface area contributed by atoms with E-state index in [9.17, 15) is 0 Å². The number of hydrogen-bond acceptors (Lipinski definition) is 3. The molecule has 2 aromatic heterocycles. The van der Waals surface area contributed by atoms with Crippen LogP contribution in [0.15, 0.2) is 186 Å². The van der Waals surface area contributed by atoms with E-state index >= 15 is 0 Å². The zero-order valence-corrected chi connectivity index (χ0v) is 27.6. The van der Waals surface area contributed by atoms with Crippen LogP contribution in [0.2, 0.25) is 0 Å². The first-order valence-corrected chi connectivity index (χ1v) is 17.2. The minimum absolute atomic E-state index is 0.699. The van der Waals surface area contributed by atoms with Gasteiger partial charge in [0.05, 0.1) is 11.4 Å². The third kappa shape index (κ3) is 5.15. The van der Waals surface area contributed by atoms with Crippen molar-refractivity contribution in [2.24, 2.45) is 0 Å². The predicted octanol–water partition coefficient (Wildman–Crippen LogP) is 13.0. The molecule has 238 valence electrons. The number of benzene rings is 8. The van der Waals surface area contributed by atoms with Gasteiger partial charge in [0.2, 0.25) is 0 Å². The van der Waals surface area contributed by atoms with Crippen molar-refractivity contribution in [1.82, 2.24) is 9.97 Å². The zero-order valence-electron chi connectivity index (χ0n) is 27.6. The van der Waals surface area contributed by atoms with Crippen molar-refractivity contribution in [3.05, 3.63) is 182 Å². The summed E-state index contributed by atoms with van der Waals surface area (Å²) in [6.45, 7) is 0. The highest BCUT2D eigenvalue weighted by molar-refractivity contribution is 6.19. The highest BCUT2D eigenvalue weighted by Crippen LogP contribution is 2.41. The van der Waals surface area contributed by atoms with Gasteiger partial charge in [0, 0.05) is 32.8 Å². The molecule has 0 fully saturated rings. The van der Waals surface area contributed by atoms with Crippen LogP contribution in [0.25, 0.3) is 99.6 Å². The second kappa shape index (κ2) is 11.9. The van der Waals surface area contributed by atoms with E-state index in [1.54, 1.807) is 0 Å². The molecule has 0 aliphatic carbocycles. The monoisotopic (exact) mass is 650 g/mol. The van der Waals surface area contributed by atoms with Gasteiger partial charge in [-0.2, -0.15) is 0 Å². The highest BCUT2D eigenvalue weighted by atomic mass is 16.3. The molecule has 0 saturated carbocycles. The highest BCUT2D eigenvalue weighted by Gasteiger charge is 2.17. The summed E-state index contributed by atoms with van der Waals surface area (Å²) < 4.78 is 6.61. The van der Waals surface area contributed by atoms with Gasteiger partial charge in [0.15, 0.2) is 5.82 Å². The van der Waals surface area contributed by atoms with E-state index in [1.807, 2.05) is 36.4 Å². The van der Waals surface area contributed by atoms with E-state index in [0.29, 0.717) is 5.82 Å². The Morgan fingerprint density at radius 2 is 0.941 bits per heavy atom. The number of aromatic nitrogens is 2. The molecule has 0 amide bonds. The molecular formula is C48H30N2O. The summed E-state index contributed by atoms with van der Waals surface area (Å²) in [5, 5.41) is 6.90. The van der Waals surface area contributed by atoms with Gasteiger partial charge >= 0.3 is 0 Å². The summed E-state index contributed by atoms with van der Waals surface area (Å²) >= 11 is 0. The van der Waals surface area contributed by atoms with Gasteiger partial charge in [-0.1, -0.05) is 146 Å². The molecule has 10 aromatic rings. The van der Waals surface area contributed by atoms with E-state index in [-0.39, 0.29) is 0 Å². The summed E-state index contributed by atoms with van der Waals surface area (Å²) in [6, 6.07) is 63.9. The van der Waals surface area contributed by atoms with E-state index in [4.69, 9.17) is 14.4 Å². The van der Waals surface area contributed by atoms with Crippen molar-refractivity contribution in [3.63, 3.8) is 0 Å². The summed E-state index contributed by atoms with van der Waals surface area (Å²) in [7, 11) is 0. The molecule has 51 heavy (non-hydrogen) atoms. The van der Waals surface area contributed by atoms with Crippen LogP contribution in [0.3, 0.4) is 0 Å². The van der Waals surface area contributed by atoms with Crippen LogP contribution >= 0.6 is 0 Å². The van der Waals surface area contributed by atoms with Crippen LogP contribution in [0.5, 0.6) is 0 Å². The van der Waals surface area contributed by atoms with Crippen LogP contribution < -0.4 is 0 Å². The molecule has 3 heteroatoms. The Bertz CT molecular complexity index is 2830. The van der Waals surface area contributed by atoms with Crippen LogP contribution in [0.1, 0.15) is 0 Å². The minimum atomic E-state index is 0.699. The fraction of sp³-hybridized carbons (Fsp3) is 0.